The molecular formula is C14H11Cl3FN. The van der Waals surface area contributed by atoms with E-state index in [0.29, 0.717) is 16.6 Å². The molecule has 2 aromatic carbocycles. The molecule has 0 bridgehead atoms. The number of nitrogens with one attached hydrogen (secondary N) is 1. The van der Waals surface area contributed by atoms with Crippen LogP contribution in [-0.2, 0) is 6.54 Å². The standard InChI is InChI=1S/C14H11Cl3FN/c1-8-4-12(17)14(6-10(8)15)19-7-9-2-3-13(18)11(16)5-9/h2-6,19H,7H2,1H3. The van der Waals surface area contributed by atoms with Crippen LogP contribution >= 0.6 is 34.8 Å². The number of hydrogen-bond acceptors (Lipinski definition) is 1. The predicted molar refractivity (Wildman–Crippen MR) is 79.9 cm³/mol. The van der Waals surface area contributed by atoms with Gasteiger partial charge in [0.2, 0.25) is 0 Å². The van der Waals surface area contributed by atoms with Crippen molar-refractivity contribution < 1.29 is 4.39 Å². The Morgan fingerprint density at radius 2 is 1.74 bits per heavy atom. The van der Waals surface area contributed by atoms with Crippen molar-refractivity contribution in [1.82, 2.24) is 0 Å². The van der Waals surface area contributed by atoms with Gasteiger partial charge < -0.3 is 5.32 Å². The summed E-state index contributed by atoms with van der Waals surface area (Å²) in [7, 11) is 0. The minimum Gasteiger partial charge on any atom is -0.380 e. The molecule has 19 heavy (non-hydrogen) atoms. The summed E-state index contributed by atoms with van der Waals surface area (Å²) in [4.78, 5) is 0. The highest BCUT2D eigenvalue weighted by Crippen LogP contribution is 2.29. The minimum atomic E-state index is -0.429. The molecule has 0 saturated carbocycles. The Labute approximate surface area is 126 Å². The van der Waals surface area contributed by atoms with Crippen LogP contribution in [-0.4, -0.2) is 0 Å². The zero-order chi connectivity index (χ0) is 14.0. The molecule has 5 heteroatoms. The van der Waals surface area contributed by atoms with Crippen molar-refractivity contribution in [3.63, 3.8) is 0 Å². The van der Waals surface area contributed by atoms with Crippen molar-refractivity contribution in [3.8, 4) is 0 Å². The van der Waals surface area contributed by atoms with Crippen molar-refractivity contribution in [2.24, 2.45) is 0 Å². The van der Waals surface area contributed by atoms with Crippen molar-refractivity contribution >= 4 is 40.5 Å². The molecule has 0 spiro atoms. The molecule has 1 nitrogen and oxygen atoms in total. The molecule has 2 aromatic rings. The second kappa shape index (κ2) is 6.00. The molecule has 1 N–H and O–H groups in total. The first kappa shape index (κ1) is 14.4. The molecule has 0 saturated heterocycles. The molecule has 0 radical (unpaired) electrons. The molecule has 0 aliphatic carbocycles. The Morgan fingerprint density at radius 1 is 1.00 bits per heavy atom. The van der Waals surface area contributed by atoms with E-state index in [-0.39, 0.29) is 5.02 Å². The van der Waals surface area contributed by atoms with Crippen molar-refractivity contribution in [3.05, 3.63) is 62.3 Å². The molecule has 0 fully saturated rings. The van der Waals surface area contributed by atoms with Gasteiger partial charge >= 0.3 is 0 Å². The molecule has 0 aliphatic rings. The quantitative estimate of drug-likeness (QED) is 0.764. The third-order valence-corrected chi connectivity index (χ3v) is 3.72. The van der Waals surface area contributed by atoms with Gasteiger partial charge in [-0.25, -0.2) is 4.39 Å². The SMILES string of the molecule is Cc1cc(Cl)c(NCc2ccc(F)c(Cl)c2)cc1Cl. The van der Waals surface area contributed by atoms with Crippen LogP contribution in [0.1, 0.15) is 11.1 Å². The first-order chi connectivity index (χ1) is 8.97. The molecule has 2 rings (SSSR count). The van der Waals surface area contributed by atoms with E-state index in [2.05, 4.69) is 5.32 Å². The Bertz CT molecular complexity index is 614. The van der Waals surface area contributed by atoms with Crippen LogP contribution in [0, 0.1) is 12.7 Å². The average molecular weight is 319 g/mol. The van der Waals surface area contributed by atoms with E-state index in [1.54, 1.807) is 24.3 Å². The summed E-state index contributed by atoms with van der Waals surface area (Å²) < 4.78 is 13.0. The van der Waals surface area contributed by atoms with E-state index >= 15 is 0 Å². The van der Waals surface area contributed by atoms with Crippen LogP contribution in [0.15, 0.2) is 30.3 Å². The van der Waals surface area contributed by atoms with E-state index < -0.39 is 5.82 Å². The number of hydrogen-bond donors (Lipinski definition) is 1. The lowest BCUT2D eigenvalue weighted by Gasteiger charge is -2.11. The highest BCUT2D eigenvalue weighted by atomic mass is 35.5. The number of anilines is 1. The second-order valence-electron chi connectivity index (χ2n) is 4.18. The fourth-order valence-electron chi connectivity index (χ4n) is 1.63. The van der Waals surface area contributed by atoms with E-state index in [1.807, 2.05) is 6.92 Å². The Hall–Kier alpha value is -0.960. The molecule has 0 amide bonds. The largest absolute Gasteiger partial charge is 0.380 e. The zero-order valence-corrected chi connectivity index (χ0v) is 12.4. The molecule has 100 valence electrons. The van der Waals surface area contributed by atoms with Gasteiger partial charge in [0.1, 0.15) is 5.82 Å². The van der Waals surface area contributed by atoms with Gasteiger partial charge in [-0.05, 0) is 42.3 Å². The second-order valence-corrected chi connectivity index (χ2v) is 5.40. The highest BCUT2D eigenvalue weighted by Gasteiger charge is 2.05. The third-order valence-electron chi connectivity index (χ3n) is 2.72. The van der Waals surface area contributed by atoms with Crippen molar-refractivity contribution in [1.29, 1.82) is 0 Å². The van der Waals surface area contributed by atoms with Gasteiger partial charge in [0.15, 0.2) is 0 Å². The van der Waals surface area contributed by atoms with Gasteiger partial charge in [-0.15, -0.1) is 0 Å². The molecular weight excluding hydrogens is 308 g/mol. The third kappa shape index (κ3) is 3.53. The number of benzene rings is 2. The van der Waals surface area contributed by atoms with Gasteiger partial charge in [0.25, 0.3) is 0 Å². The first-order valence-corrected chi connectivity index (χ1v) is 6.74. The average Bonchev–Trinajstić information content (AvgIpc) is 2.36. The summed E-state index contributed by atoms with van der Waals surface area (Å²) in [5, 5.41) is 4.49. The maximum atomic E-state index is 13.0. The summed E-state index contributed by atoms with van der Waals surface area (Å²) in [5.74, 6) is -0.429. The monoisotopic (exact) mass is 317 g/mol. The lowest BCUT2D eigenvalue weighted by Crippen LogP contribution is -2.00. The van der Waals surface area contributed by atoms with E-state index in [9.17, 15) is 4.39 Å². The summed E-state index contributed by atoms with van der Waals surface area (Å²) in [6.45, 7) is 2.37. The lowest BCUT2D eigenvalue weighted by atomic mass is 10.2. The molecule has 0 unspecified atom stereocenters. The fraction of sp³-hybridized carbons (Fsp3) is 0.143. The van der Waals surface area contributed by atoms with E-state index in [1.165, 1.54) is 6.07 Å². The van der Waals surface area contributed by atoms with Crippen LogP contribution in [0.25, 0.3) is 0 Å². The summed E-state index contributed by atoms with van der Waals surface area (Å²) >= 11 is 17.9. The van der Waals surface area contributed by atoms with E-state index in [0.717, 1.165) is 16.8 Å². The lowest BCUT2D eigenvalue weighted by molar-refractivity contribution is 0.627. The number of aryl methyl sites for hydroxylation is 1. The van der Waals surface area contributed by atoms with E-state index in [4.69, 9.17) is 34.8 Å². The maximum Gasteiger partial charge on any atom is 0.141 e. The normalized spacial score (nSPS) is 10.6. The summed E-state index contributed by atoms with van der Waals surface area (Å²) in [6.07, 6.45) is 0. The van der Waals surface area contributed by atoms with Crippen LogP contribution in [0.3, 0.4) is 0 Å². The Balaban J connectivity index is 2.14. The van der Waals surface area contributed by atoms with Crippen LogP contribution in [0.2, 0.25) is 15.1 Å². The Kier molecular flexibility index (Phi) is 4.56. The molecule has 0 aliphatic heterocycles. The van der Waals surface area contributed by atoms with Gasteiger partial charge in [-0.1, -0.05) is 40.9 Å². The van der Waals surface area contributed by atoms with Crippen LogP contribution in [0.4, 0.5) is 10.1 Å². The first-order valence-electron chi connectivity index (χ1n) is 5.61. The number of rotatable bonds is 3. The predicted octanol–water partition coefficient (Wildman–Crippen LogP) is 5.71. The molecule has 0 aromatic heterocycles. The van der Waals surface area contributed by atoms with Crippen molar-refractivity contribution in [2.45, 2.75) is 13.5 Å². The summed E-state index contributed by atoms with van der Waals surface area (Å²) in [6, 6.07) is 8.14. The van der Waals surface area contributed by atoms with Crippen molar-refractivity contribution in [2.75, 3.05) is 5.32 Å². The van der Waals surface area contributed by atoms with Gasteiger partial charge in [-0.2, -0.15) is 0 Å². The smallest absolute Gasteiger partial charge is 0.141 e. The van der Waals surface area contributed by atoms with Gasteiger partial charge in [0.05, 0.1) is 15.7 Å². The minimum absolute atomic E-state index is 0.104. The fourth-order valence-corrected chi connectivity index (χ4v) is 2.28. The Morgan fingerprint density at radius 3 is 2.42 bits per heavy atom. The highest BCUT2D eigenvalue weighted by molar-refractivity contribution is 6.35. The van der Waals surface area contributed by atoms with Crippen LogP contribution < -0.4 is 5.32 Å². The maximum absolute atomic E-state index is 13.0. The topological polar surface area (TPSA) is 12.0 Å². The van der Waals surface area contributed by atoms with Gasteiger partial charge in [-0.3, -0.25) is 0 Å². The molecule has 0 heterocycles. The van der Waals surface area contributed by atoms with Gasteiger partial charge in [0, 0.05) is 11.6 Å². The zero-order valence-electron chi connectivity index (χ0n) is 10.1. The number of halogens is 4. The molecule has 0 atom stereocenters. The van der Waals surface area contributed by atoms with Crippen LogP contribution in [0.5, 0.6) is 0 Å². The summed E-state index contributed by atoms with van der Waals surface area (Å²) in [5.41, 5.74) is 2.51.